The highest BCUT2D eigenvalue weighted by Crippen LogP contribution is 2.48. The first-order valence-electron chi connectivity index (χ1n) is 11.4. The molecule has 6 heteroatoms. The second-order valence-corrected chi connectivity index (χ2v) is 8.88. The lowest BCUT2D eigenvalue weighted by molar-refractivity contribution is 0.0661. The fraction of sp³-hybridized carbons (Fsp3) is 0.259. The van der Waals surface area contributed by atoms with Gasteiger partial charge in [-0.25, -0.2) is 0 Å². The minimum atomic E-state index is -0.170. The monoisotopic (exact) mass is 438 g/mol. The van der Waals surface area contributed by atoms with E-state index in [4.69, 9.17) is 4.74 Å². The number of nitrogens with zero attached hydrogens (tertiary/aromatic N) is 4. The maximum atomic E-state index is 13.5. The van der Waals surface area contributed by atoms with Crippen LogP contribution in [0.5, 0.6) is 5.75 Å². The van der Waals surface area contributed by atoms with Crippen LogP contribution in [0.3, 0.4) is 0 Å². The third-order valence-electron chi connectivity index (χ3n) is 7.41. The van der Waals surface area contributed by atoms with Gasteiger partial charge in [-0.05, 0) is 49.2 Å². The van der Waals surface area contributed by atoms with E-state index in [0.29, 0.717) is 18.7 Å². The summed E-state index contributed by atoms with van der Waals surface area (Å²) in [5.74, 6) is 0.910. The number of para-hydroxylation sites is 1. The Bertz CT molecular complexity index is 1360. The molecule has 0 aliphatic carbocycles. The lowest BCUT2D eigenvalue weighted by atomic mass is 9.80. The van der Waals surface area contributed by atoms with Gasteiger partial charge in [-0.3, -0.25) is 9.78 Å². The molecule has 0 bridgehead atoms. The first kappa shape index (κ1) is 19.9. The van der Waals surface area contributed by atoms with Crippen LogP contribution < -0.4 is 9.64 Å². The van der Waals surface area contributed by atoms with Gasteiger partial charge in [0, 0.05) is 49.7 Å². The summed E-state index contributed by atoms with van der Waals surface area (Å²) in [6.07, 6.45) is 5.60. The van der Waals surface area contributed by atoms with Crippen molar-refractivity contribution in [2.45, 2.75) is 18.4 Å². The topological polar surface area (TPSA) is 50.6 Å². The highest BCUT2D eigenvalue weighted by atomic mass is 16.5. The van der Waals surface area contributed by atoms with Crippen molar-refractivity contribution in [2.75, 3.05) is 32.1 Å². The zero-order valence-corrected chi connectivity index (χ0v) is 18.9. The second-order valence-electron chi connectivity index (χ2n) is 8.88. The van der Waals surface area contributed by atoms with Crippen molar-refractivity contribution in [1.82, 2.24) is 14.5 Å². The standard InChI is InChI=1S/C27H26N4O2/c1-29-23-18-20(33-2)10-11-22(23)31-15-5-9-24(31)27(29)12-16-30(17-13-27)26(32)21-8-3-6-19-7-4-14-28-25(19)21/h3-11,14-15,18H,12-13,16-17H2,1-2H3. The van der Waals surface area contributed by atoms with Crippen LogP contribution in [0.25, 0.3) is 16.6 Å². The van der Waals surface area contributed by atoms with Crippen LogP contribution in [0, 0.1) is 0 Å². The van der Waals surface area contributed by atoms with Crippen LogP contribution in [0.2, 0.25) is 0 Å². The quantitative estimate of drug-likeness (QED) is 0.458. The van der Waals surface area contributed by atoms with Crippen LogP contribution in [0.1, 0.15) is 28.9 Å². The average molecular weight is 439 g/mol. The molecule has 0 atom stereocenters. The average Bonchev–Trinajstić information content (AvgIpc) is 3.37. The van der Waals surface area contributed by atoms with E-state index in [-0.39, 0.29) is 11.4 Å². The van der Waals surface area contributed by atoms with E-state index in [1.165, 1.54) is 5.69 Å². The highest BCUT2D eigenvalue weighted by molar-refractivity contribution is 6.05. The molecule has 0 unspecified atom stereocenters. The molecule has 2 aliphatic heterocycles. The van der Waals surface area contributed by atoms with Gasteiger partial charge in [0.1, 0.15) is 5.75 Å². The van der Waals surface area contributed by atoms with Gasteiger partial charge in [-0.1, -0.05) is 18.2 Å². The van der Waals surface area contributed by atoms with E-state index in [1.807, 2.05) is 41.3 Å². The number of methoxy groups -OCH3 is 1. The molecule has 33 heavy (non-hydrogen) atoms. The van der Waals surface area contributed by atoms with Crippen LogP contribution >= 0.6 is 0 Å². The predicted molar refractivity (Wildman–Crippen MR) is 129 cm³/mol. The van der Waals surface area contributed by atoms with Gasteiger partial charge in [0.05, 0.1) is 35.1 Å². The number of ether oxygens (including phenoxy) is 1. The molecule has 4 aromatic rings. The highest BCUT2D eigenvalue weighted by Gasteiger charge is 2.46. The number of likely N-dealkylation sites (tertiary alicyclic amines) is 1. The summed E-state index contributed by atoms with van der Waals surface area (Å²) in [6.45, 7) is 1.38. The van der Waals surface area contributed by atoms with Gasteiger partial charge >= 0.3 is 0 Å². The van der Waals surface area contributed by atoms with Crippen LogP contribution in [-0.4, -0.2) is 47.6 Å². The Kier molecular flexibility index (Phi) is 4.43. The van der Waals surface area contributed by atoms with Gasteiger partial charge in [-0.2, -0.15) is 0 Å². The maximum absolute atomic E-state index is 13.5. The van der Waals surface area contributed by atoms with E-state index in [2.05, 4.69) is 52.0 Å². The van der Waals surface area contributed by atoms with Gasteiger partial charge in [-0.15, -0.1) is 0 Å². The van der Waals surface area contributed by atoms with E-state index in [1.54, 1.807) is 13.3 Å². The molecule has 0 N–H and O–H groups in total. The summed E-state index contributed by atoms with van der Waals surface area (Å²) in [5.41, 5.74) is 4.87. The molecule has 1 fully saturated rings. The summed E-state index contributed by atoms with van der Waals surface area (Å²) in [6, 6.07) is 20.3. The number of fused-ring (bicyclic) bond motifs is 5. The number of aromatic nitrogens is 2. The predicted octanol–water partition coefficient (Wildman–Crippen LogP) is 4.62. The molecule has 6 nitrogen and oxygen atoms in total. The zero-order valence-electron chi connectivity index (χ0n) is 18.9. The molecule has 1 amide bonds. The number of hydrogen-bond donors (Lipinski definition) is 0. The number of hydrogen-bond acceptors (Lipinski definition) is 4. The number of benzene rings is 2. The Morgan fingerprint density at radius 2 is 1.82 bits per heavy atom. The Balaban J connectivity index is 1.33. The van der Waals surface area contributed by atoms with Crippen molar-refractivity contribution in [3.8, 4) is 11.4 Å². The molecule has 1 spiro atoms. The molecular formula is C27H26N4O2. The maximum Gasteiger partial charge on any atom is 0.256 e. The summed E-state index contributed by atoms with van der Waals surface area (Å²) < 4.78 is 7.80. The van der Waals surface area contributed by atoms with Gasteiger partial charge in [0.2, 0.25) is 0 Å². The zero-order chi connectivity index (χ0) is 22.6. The Hall–Kier alpha value is -3.80. The molecule has 0 radical (unpaired) electrons. The number of rotatable bonds is 2. The second kappa shape index (κ2) is 7.37. The van der Waals surface area contributed by atoms with Gasteiger partial charge in [0.15, 0.2) is 0 Å². The summed E-state index contributed by atoms with van der Waals surface area (Å²) >= 11 is 0. The number of amides is 1. The largest absolute Gasteiger partial charge is 0.497 e. The number of anilines is 1. The van der Waals surface area contributed by atoms with Crippen LogP contribution in [-0.2, 0) is 5.54 Å². The summed E-state index contributed by atoms with van der Waals surface area (Å²) in [7, 11) is 3.87. The summed E-state index contributed by atoms with van der Waals surface area (Å²) in [4.78, 5) is 22.4. The van der Waals surface area contributed by atoms with Crippen molar-refractivity contribution in [1.29, 1.82) is 0 Å². The molecule has 166 valence electrons. The van der Waals surface area contributed by atoms with E-state index >= 15 is 0 Å². The molecule has 2 aromatic heterocycles. The number of carbonyl (C=O) groups excluding carboxylic acids is 1. The van der Waals surface area contributed by atoms with Crippen molar-refractivity contribution in [3.63, 3.8) is 0 Å². The van der Waals surface area contributed by atoms with Crippen molar-refractivity contribution in [3.05, 3.63) is 84.3 Å². The molecule has 4 heterocycles. The molecule has 2 aliphatic rings. The molecule has 1 saturated heterocycles. The SMILES string of the molecule is COc1ccc2c(c1)N(C)C1(CCN(C(=O)c3cccc4cccnc34)CC1)c1cccn1-2. The van der Waals surface area contributed by atoms with E-state index in [0.717, 1.165) is 40.9 Å². The minimum absolute atomic E-state index is 0.0602. The Morgan fingerprint density at radius 1 is 1.00 bits per heavy atom. The lowest BCUT2D eigenvalue weighted by Crippen LogP contribution is -2.55. The normalized spacial score (nSPS) is 16.5. The fourth-order valence-corrected chi connectivity index (χ4v) is 5.59. The van der Waals surface area contributed by atoms with Crippen LogP contribution in [0.15, 0.2) is 73.1 Å². The minimum Gasteiger partial charge on any atom is -0.497 e. The summed E-state index contributed by atoms with van der Waals surface area (Å²) in [5, 5.41) is 0.993. The Labute approximate surface area is 193 Å². The van der Waals surface area contributed by atoms with Gasteiger partial charge in [0.25, 0.3) is 5.91 Å². The number of pyridine rings is 1. The lowest BCUT2D eigenvalue weighted by Gasteiger charge is -2.51. The third-order valence-corrected chi connectivity index (χ3v) is 7.41. The van der Waals surface area contributed by atoms with Crippen LogP contribution in [0.4, 0.5) is 5.69 Å². The van der Waals surface area contributed by atoms with E-state index < -0.39 is 0 Å². The third kappa shape index (κ3) is 2.86. The number of carbonyl (C=O) groups is 1. The fourth-order valence-electron chi connectivity index (χ4n) is 5.59. The first-order valence-corrected chi connectivity index (χ1v) is 11.4. The van der Waals surface area contributed by atoms with E-state index in [9.17, 15) is 4.79 Å². The van der Waals surface area contributed by atoms with Crippen molar-refractivity contribution < 1.29 is 9.53 Å². The van der Waals surface area contributed by atoms with Crippen molar-refractivity contribution in [2.24, 2.45) is 0 Å². The molecule has 0 saturated carbocycles. The molecule has 2 aromatic carbocycles. The first-order chi connectivity index (χ1) is 16.1. The smallest absolute Gasteiger partial charge is 0.256 e. The van der Waals surface area contributed by atoms with Gasteiger partial charge < -0.3 is 19.1 Å². The number of piperidine rings is 1. The van der Waals surface area contributed by atoms with Crippen molar-refractivity contribution >= 4 is 22.5 Å². The molecule has 6 rings (SSSR count). The Morgan fingerprint density at radius 3 is 2.64 bits per heavy atom. The molecular weight excluding hydrogens is 412 g/mol.